The molecule has 0 bridgehead atoms. The fraction of sp³-hybridized carbons (Fsp3) is 0.778. The summed E-state index contributed by atoms with van der Waals surface area (Å²) in [6, 6.07) is 0. The predicted octanol–water partition coefficient (Wildman–Crippen LogP) is 1.23. The summed E-state index contributed by atoms with van der Waals surface area (Å²) < 4.78 is 4.80. The largest absolute Gasteiger partial charge is 0.481 e. The molecule has 0 heterocycles. The molecule has 0 aliphatic heterocycles. The van der Waals surface area contributed by atoms with Crippen LogP contribution in [0.4, 0.5) is 4.79 Å². The van der Waals surface area contributed by atoms with E-state index < -0.39 is 18.0 Å². The lowest BCUT2D eigenvalue weighted by Gasteiger charge is -2.10. The Balaban J connectivity index is 3.54. The van der Waals surface area contributed by atoms with E-state index in [4.69, 9.17) is 9.84 Å². The van der Waals surface area contributed by atoms with E-state index >= 15 is 0 Å². The molecule has 0 aromatic rings. The van der Waals surface area contributed by atoms with E-state index in [0.29, 0.717) is 13.0 Å². The van der Waals surface area contributed by atoms with Crippen molar-refractivity contribution in [2.24, 2.45) is 5.92 Å². The average molecular weight is 203 g/mol. The Morgan fingerprint density at radius 2 is 1.93 bits per heavy atom. The molecule has 5 heteroatoms. The molecule has 0 saturated carbocycles. The summed E-state index contributed by atoms with van der Waals surface area (Å²) in [5, 5.41) is 11.0. The molecule has 0 saturated heterocycles. The van der Waals surface area contributed by atoms with Gasteiger partial charge in [0.05, 0.1) is 12.0 Å². The number of carbonyl (C=O) groups excluding carboxylic acids is 1. The first-order chi connectivity index (χ1) is 6.43. The average Bonchev–Trinajstić information content (AvgIpc) is 2.02. The van der Waals surface area contributed by atoms with E-state index in [1.807, 2.05) is 0 Å². The first kappa shape index (κ1) is 12.7. The van der Waals surface area contributed by atoms with Gasteiger partial charge in [-0.05, 0) is 20.3 Å². The minimum Gasteiger partial charge on any atom is -0.481 e. The standard InChI is InChI=1S/C9H17NO4/c1-6(2)14-9(13)10-5-4-7(3)8(11)12/h6-7H,4-5H2,1-3H3,(H,10,13)(H,11,12). The molecule has 1 unspecified atom stereocenters. The maximum Gasteiger partial charge on any atom is 0.407 e. The second kappa shape index (κ2) is 6.23. The molecule has 5 nitrogen and oxygen atoms in total. The van der Waals surface area contributed by atoms with Crippen molar-refractivity contribution in [2.45, 2.75) is 33.3 Å². The topological polar surface area (TPSA) is 75.6 Å². The predicted molar refractivity (Wildman–Crippen MR) is 51.0 cm³/mol. The first-order valence-electron chi connectivity index (χ1n) is 4.60. The lowest BCUT2D eigenvalue weighted by atomic mass is 10.1. The number of aliphatic carboxylic acids is 1. The molecule has 0 aromatic heterocycles. The molecule has 0 spiro atoms. The summed E-state index contributed by atoms with van der Waals surface area (Å²) in [6.07, 6.45) is -0.257. The minimum absolute atomic E-state index is 0.160. The van der Waals surface area contributed by atoms with Crippen LogP contribution >= 0.6 is 0 Å². The van der Waals surface area contributed by atoms with Crippen LogP contribution in [-0.4, -0.2) is 29.8 Å². The van der Waals surface area contributed by atoms with Crippen LogP contribution in [0.3, 0.4) is 0 Å². The zero-order valence-corrected chi connectivity index (χ0v) is 8.74. The Morgan fingerprint density at radius 1 is 1.36 bits per heavy atom. The molecule has 82 valence electrons. The number of carbonyl (C=O) groups is 2. The smallest absolute Gasteiger partial charge is 0.407 e. The summed E-state index contributed by atoms with van der Waals surface area (Å²) in [7, 11) is 0. The molecule has 2 N–H and O–H groups in total. The Hall–Kier alpha value is -1.26. The molecule has 0 radical (unpaired) electrons. The normalized spacial score (nSPS) is 12.3. The fourth-order valence-electron chi connectivity index (χ4n) is 0.770. The van der Waals surface area contributed by atoms with Gasteiger partial charge >= 0.3 is 12.1 Å². The monoisotopic (exact) mass is 203 g/mol. The Kier molecular flexibility index (Phi) is 5.67. The SMILES string of the molecule is CC(C)OC(=O)NCCC(C)C(=O)O. The van der Waals surface area contributed by atoms with Gasteiger partial charge in [-0.3, -0.25) is 4.79 Å². The maximum atomic E-state index is 10.9. The number of nitrogens with one attached hydrogen (secondary N) is 1. The molecular formula is C9H17NO4. The third kappa shape index (κ3) is 6.28. The van der Waals surface area contributed by atoms with Crippen molar-refractivity contribution >= 4 is 12.1 Å². The minimum atomic E-state index is -0.857. The lowest BCUT2D eigenvalue weighted by molar-refractivity contribution is -0.141. The molecule has 1 atom stereocenters. The van der Waals surface area contributed by atoms with E-state index in [0.717, 1.165) is 0 Å². The molecule has 0 aliphatic rings. The summed E-state index contributed by atoms with van der Waals surface area (Å²) >= 11 is 0. The van der Waals surface area contributed by atoms with E-state index in [9.17, 15) is 9.59 Å². The third-order valence-corrected chi connectivity index (χ3v) is 1.61. The van der Waals surface area contributed by atoms with E-state index in [2.05, 4.69) is 5.32 Å². The van der Waals surface area contributed by atoms with Crippen molar-refractivity contribution in [1.82, 2.24) is 5.32 Å². The number of carboxylic acid groups (broad SMARTS) is 1. The summed E-state index contributed by atoms with van der Waals surface area (Å²) in [5.41, 5.74) is 0. The highest BCUT2D eigenvalue weighted by atomic mass is 16.6. The van der Waals surface area contributed by atoms with Crippen molar-refractivity contribution in [3.8, 4) is 0 Å². The fourth-order valence-corrected chi connectivity index (χ4v) is 0.770. The van der Waals surface area contributed by atoms with Gasteiger partial charge < -0.3 is 15.2 Å². The Labute approximate surface area is 83.4 Å². The van der Waals surface area contributed by atoms with Crippen LogP contribution in [0.2, 0.25) is 0 Å². The van der Waals surface area contributed by atoms with Gasteiger partial charge in [0.25, 0.3) is 0 Å². The molecule has 0 fully saturated rings. The van der Waals surface area contributed by atoms with Crippen molar-refractivity contribution in [1.29, 1.82) is 0 Å². The third-order valence-electron chi connectivity index (χ3n) is 1.61. The van der Waals surface area contributed by atoms with Crippen LogP contribution in [0, 0.1) is 5.92 Å². The second-order valence-electron chi connectivity index (χ2n) is 3.41. The van der Waals surface area contributed by atoms with Crippen LogP contribution in [0.1, 0.15) is 27.2 Å². The summed E-state index contributed by atoms with van der Waals surface area (Å²) in [4.78, 5) is 21.3. The molecular weight excluding hydrogens is 186 g/mol. The zero-order valence-electron chi connectivity index (χ0n) is 8.74. The van der Waals surface area contributed by atoms with Crippen LogP contribution < -0.4 is 5.32 Å². The van der Waals surface area contributed by atoms with Crippen molar-refractivity contribution in [2.75, 3.05) is 6.54 Å². The van der Waals surface area contributed by atoms with Gasteiger partial charge in [-0.25, -0.2) is 4.79 Å². The van der Waals surface area contributed by atoms with Crippen LogP contribution in [-0.2, 0) is 9.53 Å². The highest BCUT2D eigenvalue weighted by molar-refractivity contribution is 5.70. The van der Waals surface area contributed by atoms with Gasteiger partial charge in [-0.15, -0.1) is 0 Å². The lowest BCUT2D eigenvalue weighted by Crippen LogP contribution is -2.29. The quantitative estimate of drug-likeness (QED) is 0.704. The van der Waals surface area contributed by atoms with Crippen LogP contribution in [0.15, 0.2) is 0 Å². The Bertz CT molecular complexity index is 203. The number of alkyl carbamates (subject to hydrolysis) is 1. The molecule has 1 amide bonds. The maximum absolute atomic E-state index is 10.9. The second-order valence-corrected chi connectivity index (χ2v) is 3.41. The molecule has 14 heavy (non-hydrogen) atoms. The summed E-state index contributed by atoms with van der Waals surface area (Å²) in [5.74, 6) is -1.31. The summed E-state index contributed by atoms with van der Waals surface area (Å²) in [6.45, 7) is 5.41. The first-order valence-corrected chi connectivity index (χ1v) is 4.60. The van der Waals surface area contributed by atoms with Crippen molar-refractivity contribution in [3.05, 3.63) is 0 Å². The van der Waals surface area contributed by atoms with Gasteiger partial charge in [-0.2, -0.15) is 0 Å². The number of hydrogen-bond acceptors (Lipinski definition) is 3. The van der Waals surface area contributed by atoms with E-state index in [1.54, 1.807) is 20.8 Å². The van der Waals surface area contributed by atoms with E-state index in [1.165, 1.54) is 0 Å². The molecule has 0 aromatic carbocycles. The number of amides is 1. The number of ether oxygens (including phenoxy) is 1. The number of carboxylic acids is 1. The van der Waals surface area contributed by atoms with E-state index in [-0.39, 0.29) is 6.10 Å². The van der Waals surface area contributed by atoms with Crippen molar-refractivity contribution in [3.63, 3.8) is 0 Å². The highest BCUT2D eigenvalue weighted by Crippen LogP contribution is 1.99. The molecule has 0 aliphatic carbocycles. The van der Waals surface area contributed by atoms with Crippen LogP contribution in [0.25, 0.3) is 0 Å². The van der Waals surface area contributed by atoms with Crippen molar-refractivity contribution < 1.29 is 19.4 Å². The highest BCUT2D eigenvalue weighted by Gasteiger charge is 2.11. The number of hydrogen-bond donors (Lipinski definition) is 2. The number of rotatable bonds is 5. The Morgan fingerprint density at radius 3 is 2.36 bits per heavy atom. The van der Waals surface area contributed by atoms with Gasteiger partial charge in [0.1, 0.15) is 0 Å². The van der Waals surface area contributed by atoms with Gasteiger partial charge in [0, 0.05) is 6.54 Å². The van der Waals surface area contributed by atoms with Gasteiger partial charge in [0.2, 0.25) is 0 Å². The van der Waals surface area contributed by atoms with Gasteiger partial charge in [-0.1, -0.05) is 6.92 Å². The van der Waals surface area contributed by atoms with Gasteiger partial charge in [0.15, 0.2) is 0 Å². The molecule has 0 rings (SSSR count). The van der Waals surface area contributed by atoms with Crippen LogP contribution in [0.5, 0.6) is 0 Å². The zero-order chi connectivity index (χ0) is 11.1.